The lowest BCUT2D eigenvalue weighted by Crippen LogP contribution is -2.17. The molecule has 0 bridgehead atoms. The number of alkyl halides is 1. The zero-order valence-corrected chi connectivity index (χ0v) is 9.44. The predicted molar refractivity (Wildman–Crippen MR) is 59.0 cm³/mol. The van der Waals surface area contributed by atoms with Gasteiger partial charge in [0.15, 0.2) is 0 Å². The number of hydrogen-bond donors (Lipinski definition) is 1. The minimum absolute atomic E-state index is 0. The highest BCUT2D eigenvalue weighted by Gasteiger charge is 2.03. The molecule has 0 aromatic heterocycles. The van der Waals surface area contributed by atoms with Crippen molar-refractivity contribution in [3.63, 3.8) is 0 Å². The second-order valence-corrected chi connectivity index (χ2v) is 3.58. The third kappa shape index (κ3) is 4.60. The molecule has 4 heteroatoms. The minimum Gasteiger partial charge on any atom is -0.328 e. The monoisotopic (exact) mass is 267 g/mol. The molecule has 0 aliphatic carbocycles. The Morgan fingerprint density at radius 1 is 1.31 bits per heavy atom. The molecule has 2 N–H and O–H groups in total. The van der Waals surface area contributed by atoms with Crippen LogP contribution in [-0.4, -0.2) is 12.7 Å². The molecule has 1 atom stereocenters. The zero-order chi connectivity index (χ0) is 8.97. The second kappa shape index (κ2) is 6.35. The maximum atomic E-state index is 12.8. The molecule has 1 rings (SSSR count). The van der Waals surface area contributed by atoms with E-state index < -0.39 is 6.17 Å². The fourth-order valence-electron chi connectivity index (χ4n) is 0.960. The molecule has 0 radical (unpaired) electrons. The fourth-order valence-corrected chi connectivity index (χ4v) is 1.22. The first-order chi connectivity index (χ1) is 5.72. The van der Waals surface area contributed by atoms with Crippen molar-refractivity contribution in [2.75, 3.05) is 6.54 Å². The van der Waals surface area contributed by atoms with Gasteiger partial charge in [-0.2, -0.15) is 0 Å². The van der Waals surface area contributed by atoms with Gasteiger partial charge in [-0.25, -0.2) is 4.39 Å². The van der Waals surface area contributed by atoms with E-state index in [1.54, 1.807) is 0 Å². The molecule has 0 amide bonds. The van der Waals surface area contributed by atoms with E-state index >= 15 is 0 Å². The van der Waals surface area contributed by atoms with Gasteiger partial charge in [-0.3, -0.25) is 0 Å². The van der Waals surface area contributed by atoms with Crippen molar-refractivity contribution >= 4 is 28.3 Å². The Morgan fingerprint density at radius 3 is 2.31 bits per heavy atom. The molecule has 0 heterocycles. The zero-order valence-electron chi connectivity index (χ0n) is 7.04. The summed E-state index contributed by atoms with van der Waals surface area (Å²) in [5, 5.41) is 0. The summed E-state index contributed by atoms with van der Waals surface area (Å²) in [6, 6.07) is 7.59. The quantitative estimate of drug-likeness (QED) is 0.896. The smallest absolute Gasteiger partial charge is 0.116 e. The maximum absolute atomic E-state index is 12.8. The van der Waals surface area contributed by atoms with Crippen LogP contribution in [0, 0.1) is 0 Å². The van der Waals surface area contributed by atoms with Crippen molar-refractivity contribution in [3.05, 3.63) is 34.3 Å². The SMILES string of the molecule is Cl.NCC(F)Cc1ccc(Br)cc1. The second-order valence-electron chi connectivity index (χ2n) is 2.66. The van der Waals surface area contributed by atoms with Gasteiger partial charge in [0.25, 0.3) is 0 Å². The van der Waals surface area contributed by atoms with Crippen LogP contribution in [-0.2, 0) is 6.42 Å². The molecule has 0 aliphatic heterocycles. The number of hydrogen-bond acceptors (Lipinski definition) is 1. The van der Waals surface area contributed by atoms with Crippen LogP contribution < -0.4 is 5.73 Å². The van der Waals surface area contributed by atoms with Crippen molar-refractivity contribution < 1.29 is 4.39 Å². The third-order valence-electron chi connectivity index (χ3n) is 1.63. The molecule has 0 saturated heterocycles. The Morgan fingerprint density at radius 2 is 1.85 bits per heavy atom. The van der Waals surface area contributed by atoms with Gasteiger partial charge < -0.3 is 5.73 Å². The van der Waals surface area contributed by atoms with E-state index in [4.69, 9.17) is 5.73 Å². The van der Waals surface area contributed by atoms with Crippen LogP contribution in [0.2, 0.25) is 0 Å². The highest BCUT2D eigenvalue weighted by Crippen LogP contribution is 2.12. The first-order valence-corrected chi connectivity index (χ1v) is 4.60. The molecule has 0 saturated carbocycles. The van der Waals surface area contributed by atoms with E-state index in [-0.39, 0.29) is 19.0 Å². The van der Waals surface area contributed by atoms with E-state index in [0.29, 0.717) is 6.42 Å². The van der Waals surface area contributed by atoms with Gasteiger partial charge in [0.05, 0.1) is 0 Å². The first-order valence-electron chi connectivity index (χ1n) is 3.81. The standard InChI is InChI=1S/C9H11BrFN.ClH/c10-8-3-1-7(2-4-8)5-9(11)6-12;/h1-4,9H,5-6,12H2;1H. The van der Waals surface area contributed by atoms with Crippen LogP contribution in [0.1, 0.15) is 5.56 Å². The van der Waals surface area contributed by atoms with Crippen molar-refractivity contribution in [1.29, 1.82) is 0 Å². The summed E-state index contributed by atoms with van der Waals surface area (Å²) in [5.74, 6) is 0. The summed E-state index contributed by atoms with van der Waals surface area (Å²) in [5.41, 5.74) is 6.15. The van der Waals surface area contributed by atoms with Gasteiger partial charge in [0.1, 0.15) is 6.17 Å². The normalized spacial score (nSPS) is 11.9. The molecule has 0 spiro atoms. The molecular formula is C9H12BrClFN. The number of halogens is 3. The average molecular weight is 269 g/mol. The minimum atomic E-state index is -0.925. The van der Waals surface area contributed by atoms with E-state index in [1.165, 1.54) is 0 Å². The number of nitrogens with two attached hydrogens (primary N) is 1. The third-order valence-corrected chi connectivity index (χ3v) is 2.15. The topological polar surface area (TPSA) is 26.0 Å². The summed E-state index contributed by atoms with van der Waals surface area (Å²) in [6.07, 6.45) is -0.518. The largest absolute Gasteiger partial charge is 0.328 e. The Balaban J connectivity index is 0.00000144. The van der Waals surface area contributed by atoms with Gasteiger partial charge in [0, 0.05) is 17.4 Å². The Hall–Kier alpha value is -0.120. The molecule has 1 aromatic carbocycles. The van der Waals surface area contributed by atoms with Gasteiger partial charge >= 0.3 is 0 Å². The Bertz CT molecular complexity index is 240. The van der Waals surface area contributed by atoms with Crippen molar-refractivity contribution in [2.45, 2.75) is 12.6 Å². The molecule has 13 heavy (non-hydrogen) atoms. The van der Waals surface area contributed by atoms with E-state index in [9.17, 15) is 4.39 Å². The van der Waals surface area contributed by atoms with E-state index in [0.717, 1.165) is 10.0 Å². The summed E-state index contributed by atoms with van der Waals surface area (Å²) >= 11 is 3.31. The van der Waals surface area contributed by atoms with Crippen molar-refractivity contribution in [2.24, 2.45) is 5.73 Å². The fraction of sp³-hybridized carbons (Fsp3) is 0.333. The Kier molecular flexibility index (Phi) is 6.29. The summed E-state index contributed by atoms with van der Waals surface area (Å²) in [6.45, 7) is 0.0933. The average Bonchev–Trinajstić information content (AvgIpc) is 2.09. The van der Waals surface area contributed by atoms with Crippen LogP contribution >= 0.6 is 28.3 Å². The summed E-state index contributed by atoms with van der Waals surface area (Å²) in [7, 11) is 0. The Labute approximate surface area is 92.1 Å². The number of rotatable bonds is 3. The lowest BCUT2D eigenvalue weighted by Gasteiger charge is -2.04. The van der Waals surface area contributed by atoms with E-state index in [2.05, 4.69) is 15.9 Å². The molecule has 1 unspecified atom stereocenters. The van der Waals surface area contributed by atoms with Crippen LogP contribution in [0.5, 0.6) is 0 Å². The highest BCUT2D eigenvalue weighted by molar-refractivity contribution is 9.10. The summed E-state index contributed by atoms with van der Waals surface area (Å²) < 4.78 is 13.8. The van der Waals surface area contributed by atoms with Crippen molar-refractivity contribution in [1.82, 2.24) is 0 Å². The molecule has 1 aromatic rings. The predicted octanol–water partition coefficient (Wildman–Crippen LogP) is 2.71. The van der Waals surface area contributed by atoms with Crippen LogP contribution in [0.25, 0.3) is 0 Å². The lowest BCUT2D eigenvalue weighted by molar-refractivity contribution is 0.340. The lowest BCUT2D eigenvalue weighted by atomic mass is 10.1. The highest BCUT2D eigenvalue weighted by atomic mass is 79.9. The van der Waals surface area contributed by atoms with Crippen LogP contribution in [0.3, 0.4) is 0 Å². The maximum Gasteiger partial charge on any atom is 0.116 e. The first kappa shape index (κ1) is 12.9. The van der Waals surface area contributed by atoms with Gasteiger partial charge in [-0.1, -0.05) is 28.1 Å². The molecular weight excluding hydrogens is 256 g/mol. The van der Waals surface area contributed by atoms with Crippen LogP contribution in [0.15, 0.2) is 28.7 Å². The molecule has 74 valence electrons. The van der Waals surface area contributed by atoms with Crippen LogP contribution in [0.4, 0.5) is 4.39 Å². The van der Waals surface area contributed by atoms with E-state index in [1.807, 2.05) is 24.3 Å². The molecule has 1 nitrogen and oxygen atoms in total. The van der Waals surface area contributed by atoms with Gasteiger partial charge in [0.2, 0.25) is 0 Å². The van der Waals surface area contributed by atoms with Crippen molar-refractivity contribution in [3.8, 4) is 0 Å². The molecule has 0 aliphatic rings. The summed E-state index contributed by atoms with van der Waals surface area (Å²) in [4.78, 5) is 0. The molecule has 0 fully saturated rings. The van der Waals surface area contributed by atoms with Gasteiger partial charge in [-0.15, -0.1) is 12.4 Å². The number of benzene rings is 1. The van der Waals surface area contributed by atoms with Gasteiger partial charge in [-0.05, 0) is 17.7 Å².